The minimum Gasteiger partial charge on any atom is -0.484 e. The van der Waals surface area contributed by atoms with Crippen molar-refractivity contribution in [3.63, 3.8) is 0 Å². The van der Waals surface area contributed by atoms with E-state index in [2.05, 4.69) is 16.0 Å². The Bertz CT molecular complexity index is 910. The molecule has 8 nitrogen and oxygen atoms in total. The summed E-state index contributed by atoms with van der Waals surface area (Å²) in [6, 6.07) is 13.4. The maximum absolute atomic E-state index is 12.1. The Morgan fingerprint density at radius 2 is 1.55 bits per heavy atom. The quantitative estimate of drug-likeness (QED) is 0.562. The molecule has 0 spiro atoms. The van der Waals surface area contributed by atoms with Crippen LogP contribution in [0.4, 0.5) is 16.2 Å². The lowest BCUT2D eigenvalue weighted by atomic mass is 10.2. The second-order valence-electron chi connectivity index (χ2n) is 7.60. The molecule has 2 rings (SSSR count). The first kappa shape index (κ1) is 24.0. The normalized spacial score (nSPS) is 10.7. The first-order chi connectivity index (χ1) is 14.6. The molecular weight excluding hydrogens is 422 g/mol. The molecule has 166 valence electrons. The average molecular weight is 448 g/mol. The number of alkyl carbamates (subject to hydrolysis) is 1. The van der Waals surface area contributed by atoms with Crippen LogP contribution in [-0.2, 0) is 14.3 Å². The first-order valence-corrected chi connectivity index (χ1v) is 10.0. The molecule has 0 aromatic heterocycles. The smallest absolute Gasteiger partial charge is 0.407 e. The van der Waals surface area contributed by atoms with Gasteiger partial charge in [0.2, 0.25) is 5.91 Å². The fourth-order valence-electron chi connectivity index (χ4n) is 2.37. The second kappa shape index (κ2) is 11.2. The molecule has 0 radical (unpaired) electrons. The van der Waals surface area contributed by atoms with Crippen LogP contribution in [0.1, 0.15) is 27.2 Å². The van der Waals surface area contributed by atoms with E-state index in [-0.39, 0.29) is 31.4 Å². The molecular formula is C22H26ClN3O5. The zero-order valence-corrected chi connectivity index (χ0v) is 18.4. The van der Waals surface area contributed by atoms with E-state index in [4.69, 9.17) is 21.1 Å². The zero-order chi connectivity index (χ0) is 22.9. The molecule has 0 heterocycles. The van der Waals surface area contributed by atoms with Crippen molar-refractivity contribution in [2.24, 2.45) is 0 Å². The van der Waals surface area contributed by atoms with Crippen molar-refractivity contribution < 1.29 is 23.9 Å². The Hall–Kier alpha value is -3.26. The average Bonchev–Trinajstić information content (AvgIpc) is 2.66. The molecule has 9 heteroatoms. The first-order valence-electron chi connectivity index (χ1n) is 9.66. The lowest BCUT2D eigenvalue weighted by molar-refractivity contribution is -0.118. The number of ether oxygens (including phenoxy) is 2. The number of rotatable bonds is 8. The summed E-state index contributed by atoms with van der Waals surface area (Å²) in [6.45, 7) is 5.24. The second-order valence-corrected chi connectivity index (χ2v) is 8.03. The number of nitrogens with one attached hydrogen (secondary N) is 3. The lowest BCUT2D eigenvalue weighted by Crippen LogP contribution is -2.34. The Balaban J connectivity index is 1.76. The van der Waals surface area contributed by atoms with E-state index in [1.165, 1.54) is 0 Å². The summed E-state index contributed by atoms with van der Waals surface area (Å²) in [4.78, 5) is 35.7. The van der Waals surface area contributed by atoms with Crippen molar-refractivity contribution in [2.45, 2.75) is 32.8 Å². The van der Waals surface area contributed by atoms with Gasteiger partial charge in [0, 0.05) is 29.4 Å². The molecule has 2 aromatic rings. The monoisotopic (exact) mass is 447 g/mol. The van der Waals surface area contributed by atoms with Crippen LogP contribution in [0.5, 0.6) is 5.75 Å². The van der Waals surface area contributed by atoms with Gasteiger partial charge in [-0.1, -0.05) is 17.7 Å². The summed E-state index contributed by atoms with van der Waals surface area (Å²) in [5, 5.41) is 8.52. The molecule has 31 heavy (non-hydrogen) atoms. The molecule has 3 amide bonds. The molecule has 0 unspecified atom stereocenters. The minimum absolute atomic E-state index is 0.0742. The standard InChI is InChI=1S/C22H26ClN3O5/c1-22(2,3)31-21(29)24-12-11-19(27)25-16-5-4-6-17(13-16)26-20(28)14-30-18-9-7-15(23)8-10-18/h4-10,13H,11-12,14H2,1-3H3,(H,24,29)(H,25,27)(H,26,28). The topological polar surface area (TPSA) is 106 Å². The van der Waals surface area contributed by atoms with Gasteiger partial charge in [-0.2, -0.15) is 0 Å². The molecule has 0 bridgehead atoms. The predicted molar refractivity (Wildman–Crippen MR) is 120 cm³/mol. The molecule has 0 saturated heterocycles. The van der Waals surface area contributed by atoms with Crippen LogP contribution >= 0.6 is 11.6 Å². The van der Waals surface area contributed by atoms with Gasteiger partial charge in [0.05, 0.1) is 0 Å². The van der Waals surface area contributed by atoms with E-state index in [0.717, 1.165) is 0 Å². The van der Waals surface area contributed by atoms with Gasteiger partial charge < -0.3 is 25.4 Å². The van der Waals surface area contributed by atoms with Gasteiger partial charge in [-0.05, 0) is 63.2 Å². The summed E-state index contributed by atoms with van der Waals surface area (Å²) >= 11 is 5.81. The third-order valence-electron chi connectivity index (χ3n) is 3.63. The van der Waals surface area contributed by atoms with E-state index in [9.17, 15) is 14.4 Å². The van der Waals surface area contributed by atoms with Gasteiger partial charge in [-0.15, -0.1) is 0 Å². The van der Waals surface area contributed by atoms with Crippen molar-refractivity contribution in [3.05, 3.63) is 53.6 Å². The Morgan fingerprint density at radius 1 is 0.935 bits per heavy atom. The molecule has 0 saturated carbocycles. The number of carbonyl (C=O) groups is 3. The van der Waals surface area contributed by atoms with Crippen LogP contribution in [0.3, 0.4) is 0 Å². The molecule has 3 N–H and O–H groups in total. The van der Waals surface area contributed by atoms with E-state index >= 15 is 0 Å². The van der Waals surface area contributed by atoms with Gasteiger partial charge in [0.15, 0.2) is 6.61 Å². The fourth-order valence-corrected chi connectivity index (χ4v) is 2.49. The largest absolute Gasteiger partial charge is 0.484 e. The summed E-state index contributed by atoms with van der Waals surface area (Å²) in [5.41, 5.74) is 0.421. The Morgan fingerprint density at radius 3 is 2.16 bits per heavy atom. The third-order valence-corrected chi connectivity index (χ3v) is 3.89. The summed E-state index contributed by atoms with van der Waals surface area (Å²) < 4.78 is 10.5. The van der Waals surface area contributed by atoms with Gasteiger partial charge >= 0.3 is 6.09 Å². The molecule has 0 atom stereocenters. The number of halogens is 1. The SMILES string of the molecule is CC(C)(C)OC(=O)NCCC(=O)Nc1cccc(NC(=O)COc2ccc(Cl)cc2)c1. The van der Waals surface area contributed by atoms with Crippen LogP contribution in [0, 0.1) is 0 Å². The number of hydrogen-bond acceptors (Lipinski definition) is 5. The van der Waals surface area contributed by atoms with E-state index < -0.39 is 11.7 Å². The number of amides is 3. The van der Waals surface area contributed by atoms with Crippen LogP contribution in [0.25, 0.3) is 0 Å². The van der Waals surface area contributed by atoms with Gasteiger partial charge in [-0.25, -0.2) is 4.79 Å². The number of carbonyl (C=O) groups excluding carboxylic acids is 3. The molecule has 0 aliphatic carbocycles. The number of anilines is 2. The third kappa shape index (κ3) is 9.86. The Labute approximate surface area is 186 Å². The van der Waals surface area contributed by atoms with Crippen molar-refractivity contribution in [3.8, 4) is 5.75 Å². The Kier molecular flexibility index (Phi) is 8.69. The van der Waals surface area contributed by atoms with Gasteiger partial charge in [0.1, 0.15) is 11.4 Å². The van der Waals surface area contributed by atoms with Gasteiger partial charge in [0.25, 0.3) is 5.91 Å². The predicted octanol–water partition coefficient (Wildman–Crippen LogP) is 4.21. The lowest BCUT2D eigenvalue weighted by Gasteiger charge is -2.19. The molecule has 0 aliphatic heterocycles. The summed E-state index contributed by atoms with van der Waals surface area (Å²) in [6.07, 6.45) is -0.504. The van der Waals surface area contributed by atoms with Crippen molar-refractivity contribution in [1.82, 2.24) is 5.32 Å². The highest BCUT2D eigenvalue weighted by molar-refractivity contribution is 6.30. The van der Waals surface area contributed by atoms with Crippen molar-refractivity contribution in [1.29, 1.82) is 0 Å². The zero-order valence-electron chi connectivity index (χ0n) is 17.7. The van der Waals surface area contributed by atoms with Gasteiger partial charge in [-0.3, -0.25) is 9.59 Å². The molecule has 0 fully saturated rings. The van der Waals surface area contributed by atoms with Crippen LogP contribution < -0.4 is 20.7 Å². The van der Waals surface area contributed by atoms with Crippen molar-refractivity contribution in [2.75, 3.05) is 23.8 Å². The number of hydrogen-bond donors (Lipinski definition) is 3. The highest BCUT2D eigenvalue weighted by Gasteiger charge is 2.16. The number of benzene rings is 2. The molecule has 0 aliphatic rings. The minimum atomic E-state index is -0.600. The van der Waals surface area contributed by atoms with E-state index in [1.807, 2.05) is 0 Å². The van der Waals surface area contributed by atoms with E-state index in [1.54, 1.807) is 69.3 Å². The summed E-state index contributed by atoms with van der Waals surface area (Å²) in [5.74, 6) is -0.105. The van der Waals surface area contributed by atoms with Crippen LogP contribution in [-0.4, -0.2) is 36.7 Å². The van der Waals surface area contributed by atoms with Crippen molar-refractivity contribution >= 4 is 40.9 Å². The maximum atomic E-state index is 12.1. The fraction of sp³-hybridized carbons (Fsp3) is 0.318. The molecule has 2 aromatic carbocycles. The highest BCUT2D eigenvalue weighted by Crippen LogP contribution is 2.17. The van der Waals surface area contributed by atoms with Crippen LogP contribution in [0.15, 0.2) is 48.5 Å². The highest BCUT2D eigenvalue weighted by atomic mass is 35.5. The maximum Gasteiger partial charge on any atom is 0.407 e. The van der Waals surface area contributed by atoms with Crippen LogP contribution in [0.2, 0.25) is 5.02 Å². The summed E-state index contributed by atoms with van der Waals surface area (Å²) in [7, 11) is 0. The van der Waals surface area contributed by atoms with E-state index in [0.29, 0.717) is 22.1 Å².